The highest BCUT2D eigenvalue weighted by molar-refractivity contribution is 5.80. The molecule has 0 atom stereocenters. The van der Waals surface area contributed by atoms with Crippen molar-refractivity contribution in [3.8, 4) is 11.5 Å². The number of methoxy groups -OCH3 is 1. The van der Waals surface area contributed by atoms with E-state index in [0.29, 0.717) is 18.7 Å². The van der Waals surface area contributed by atoms with E-state index in [9.17, 15) is 18.0 Å². The number of anilines is 1. The highest BCUT2D eigenvalue weighted by Gasteiger charge is 2.11. The molecule has 0 unspecified atom stereocenters. The molecule has 0 saturated carbocycles. The molecular weight excluding hydrogens is 349 g/mol. The van der Waals surface area contributed by atoms with Crippen LogP contribution in [0.1, 0.15) is 5.56 Å². The number of nitrogens with one attached hydrogen (secondary N) is 2. The van der Waals surface area contributed by atoms with Crippen molar-refractivity contribution >= 4 is 11.6 Å². The topological polar surface area (TPSA) is 59.6 Å². The highest BCUT2D eigenvalue weighted by atomic mass is 19.3. The van der Waals surface area contributed by atoms with Gasteiger partial charge < -0.3 is 20.1 Å². The van der Waals surface area contributed by atoms with Gasteiger partial charge in [0.25, 0.3) is 0 Å². The van der Waals surface area contributed by atoms with Crippen molar-refractivity contribution in [1.29, 1.82) is 0 Å². The molecule has 8 heteroatoms. The van der Waals surface area contributed by atoms with Crippen LogP contribution in [0.4, 0.5) is 18.9 Å². The fourth-order valence-corrected chi connectivity index (χ4v) is 2.22. The molecule has 0 saturated heterocycles. The molecule has 0 fully saturated rings. The number of amides is 1. The molecule has 140 valence electrons. The molecule has 0 aromatic heterocycles. The quantitative estimate of drug-likeness (QED) is 0.714. The SMILES string of the molecule is COc1ccc(NCC(=O)NCCc2ccc(F)cc2)cc1OC(F)F. The van der Waals surface area contributed by atoms with Crippen LogP contribution in [0.5, 0.6) is 11.5 Å². The smallest absolute Gasteiger partial charge is 0.387 e. The average molecular weight is 368 g/mol. The molecule has 0 bridgehead atoms. The van der Waals surface area contributed by atoms with E-state index in [1.165, 1.54) is 31.4 Å². The van der Waals surface area contributed by atoms with Gasteiger partial charge >= 0.3 is 6.61 Å². The predicted octanol–water partition coefficient (Wildman–Crippen LogP) is 3.21. The standard InChI is InChI=1S/C18H19F3N2O3/c1-25-15-7-6-14(10-16(15)26-18(20)21)23-11-17(24)22-9-8-12-2-4-13(19)5-3-12/h2-7,10,18,23H,8-9,11H2,1H3,(H,22,24). The largest absolute Gasteiger partial charge is 0.493 e. The van der Waals surface area contributed by atoms with Crippen molar-refractivity contribution < 1.29 is 27.4 Å². The van der Waals surface area contributed by atoms with Gasteiger partial charge in [0.2, 0.25) is 5.91 Å². The second kappa shape index (κ2) is 9.55. The first-order valence-electron chi connectivity index (χ1n) is 7.86. The third kappa shape index (κ3) is 6.19. The first-order valence-corrected chi connectivity index (χ1v) is 7.86. The Morgan fingerprint density at radius 2 is 1.85 bits per heavy atom. The molecule has 2 N–H and O–H groups in total. The molecular formula is C18H19F3N2O3. The number of carbonyl (C=O) groups excluding carboxylic acids is 1. The lowest BCUT2D eigenvalue weighted by Crippen LogP contribution is -2.31. The zero-order chi connectivity index (χ0) is 18.9. The number of hydrogen-bond donors (Lipinski definition) is 2. The van der Waals surface area contributed by atoms with E-state index < -0.39 is 6.61 Å². The van der Waals surface area contributed by atoms with Crippen LogP contribution in [0.15, 0.2) is 42.5 Å². The van der Waals surface area contributed by atoms with Crippen molar-refractivity contribution in [2.45, 2.75) is 13.0 Å². The van der Waals surface area contributed by atoms with Crippen molar-refractivity contribution in [2.24, 2.45) is 0 Å². The molecule has 0 heterocycles. The number of rotatable bonds is 9. The number of benzene rings is 2. The fraction of sp³-hybridized carbons (Fsp3) is 0.278. The van der Waals surface area contributed by atoms with E-state index in [-0.39, 0.29) is 29.8 Å². The molecule has 0 spiro atoms. The number of hydrogen-bond acceptors (Lipinski definition) is 4. The summed E-state index contributed by atoms with van der Waals surface area (Å²) in [6.45, 7) is -2.62. The summed E-state index contributed by atoms with van der Waals surface area (Å²) < 4.78 is 46.9. The Balaban J connectivity index is 1.80. The van der Waals surface area contributed by atoms with E-state index in [1.54, 1.807) is 18.2 Å². The van der Waals surface area contributed by atoms with Crippen LogP contribution in [-0.4, -0.2) is 32.7 Å². The third-order valence-electron chi connectivity index (χ3n) is 3.48. The lowest BCUT2D eigenvalue weighted by Gasteiger charge is -2.13. The molecule has 5 nitrogen and oxygen atoms in total. The third-order valence-corrected chi connectivity index (χ3v) is 3.48. The molecule has 0 aliphatic rings. The lowest BCUT2D eigenvalue weighted by molar-refractivity contribution is -0.119. The zero-order valence-electron chi connectivity index (χ0n) is 14.1. The Morgan fingerprint density at radius 3 is 2.50 bits per heavy atom. The second-order valence-corrected chi connectivity index (χ2v) is 5.32. The van der Waals surface area contributed by atoms with Gasteiger partial charge in [-0.2, -0.15) is 8.78 Å². The highest BCUT2D eigenvalue weighted by Crippen LogP contribution is 2.31. The molecule has 1 amide bonds. The molecule has 0 aliphatic heterocycles. The van der Waals surface area contributed by atoms with Gasteiger partial charge in [0.15, 0.2) is 11.5 Å². The van der Waals surface area contributed by atoms with Crippen LogP contribution in [0.2, 0.25) is 0 Å². The number of halogens is 3. The molecule has 0 radical (unpaired) electrons. The van der Waals surface area contributed by atoms with Crippen LogP contribution in [0, 0.1) is 5.82 Å². The number of carbonyl (C=O) groups is 1. The molecule has 0 aliphatic carbocycles. The van der Waals surface area contributed by atoms with E-state index >= 15 is 0 Å². The second-order valence-electron chi connectivity index (χ2n) is 5.32. The zero-order valence-corrected chi connectivity index (χ0v) is 14.1. The van der Waals surface area contributed by atoms with E-state index in [1.807, 2.05) is 0 Å². The minimum absolute atomic E-state index is 0.0378. The Bertz CT molecular complexity index is 724. The Labute approximate surface area is 149 Å². The van der Waals surface area contributed by atoms with E-state index in [4.69, 9.17) is 4.74 Å². The van der Waals surface area contributed by atoms with Gasteiger partial charge in [-0.1, -0.05) is 12.1 Å². The predicted molar refractivity (Wildman–Crippen MR) is 91.2 cm³/mol. The van der Waals surface area contributed by atoms with E-state index in [2.05, 4.69) is 15.4 Å². The molecule has 2 rings (SSSR count). The summed E-state index contributed by atoms with van der Waals surface area (Å²) in [5, 5.41) is 5.54. The van der Waals surface area contributed by atoms with Crippen molar-refractivity contribution in [2.75, 3.05) is 25.5 Å². The van der Waals surface area contributed by atoms with Gasteiger partial charge in [-0.15, -0.1) is 0 Å². The average Bonchev–Trinajstić information content (AvgIpc) is 2.61. The Kier molecular flexibility index (Phi) is 7.13. The monoisotopic (exact) mass is 368 g/mol. The maximum absolute atomic E-state index is 12.8. The van der Waals surface area contributed by atoms with Gasteiger partial charge in [0, 0.05) is 18.3 Å². The van der Waals surface area contributed by atoms with Crippen molar-refractivity contribution in [3.05, 3.63) is 53.8 Å². The van der Waals surface area contributed by atoms with Gasteiger partial charge in [0.05, 0.1) is 13.7 Å². The first-order chi connectivity index (χ1) is 12.5. The summed E-state index contributed by atoms with van der Waals surface area (Å²) in [6, 6.07) is 10.4. The summed E-state index contributed by atoms with van der Waals surface area (Å²) >= 11 is 0. The maximum atomic E-state index is 12.8. The fourth-order valence-electron chi connectivity index (χ4n) is 2.22. The maximum Gasteiger partial charge on any atom is 0.387 e. The van der Waals surface area contributed by atoms with Crippen LogP contribution in [0.3, 0.4) is 0 Å². The lowest BCUT2D eigenvalue weighted by atomic mass is 10.1. The van der Waals surface area contributed by atoms with E-state index in [0.717, 1.165) is 5.56 Å². The minimum atomic E-state index is -2.98. The van der Waals surface area contributed by atoms with Crippen molar-refractivity contribution in [3.63, 3.8) is 0 Å². The minimum Gasteiger partial charge on any atom is -0.493 e. The summed E-state index contributed by atoms with van der Waals surface area (Å²) in [6.07, 6.45) is 0.570. The van der Waals surface area contributed by atoms with Crippen LogP contribution in [0.25, 0.3) is 0 Å². The van der Waals surface area contributed by atoms with Crippen LogP contribution in [-0.2, 0) is 11.2 Å². The van der Waals surface area contributed by atoms with Crippen LogP contribution < -0.4 is 20.1 Å². The molecule has 2 aromatic carbocycles. The van der Waals surface area contributed by atoms with Crippen molar-refractivity contribution in [1.82, 2.24) is 5.32 Å². The Hall–Kier alpha value is -2.90. The number of alkyl halides is 2. The molecule has 26 heavy (non-hydrogen) atoms. The van der Waals surface area contributed by atoms with Gasteiger partial charge in [-0.25, -0.2) is 4.39 Å². The summed E-state index contributed by atoms with van der Waals surface area (Å²) in [4.78, 5) is 11.8. The van der Waals surface area contributed by atoms with Gasteiger partial charge in [-0.05, 0) is 36.2 Å². The van der Waals surface area contributed by atoms with Crippen LogP contribution >= 0.6 is 0 Å². The van der Waals surface area contributed by atoms with Gasteiger partial charge in [-0.3, -0.25) is 4.79 Å². The summed E-state index contributed by atoms with van der Waals surface area (Å²) in [5.74, 6) is -0.528. The summed E-state index contributed by atoms with van der Waals surface area (Å²) in [5.41, 5.74) is 1.35. The number of ether oxygens (including phenoxy) is 2. The molecule has 2 aromatic rings. The van der Waals surface area contributed by atoms with Gasteiger partial charge in [0.1, 0.15) is 5.82 Å². The normalized spacial score (nSPS) is 10.5. The summed E-state index contributed by atoms with van der Waals surface area (Å²) in [7, 11) is 1.34. The first kappa shape index (κ1) is 19.4. The Morgan fingerprint density at radius 1 is 1.12 bits per heavy atom.